The molecule has 0 radical (unpaired) electrons. The zero-order chi connectivity index (χ0) is 15.6. The van der Waals surface area contributed by atoms with E-state index in [2.05, 4.69) is 16.9 Å². The van der Waals surface area contributed by atoms with E-state index in [4.69, 9.17) is 10.8 Å². The van der Waals surface area contributed by atoms with Crippen LogP contribution in [0.3, 0.4) is 0 Å². The van der Waals surface area contributed by atoms with Gasteiger partial charge in [-0.1, -0.05) is 6.92 Å². The SMILES string of the molecule is CC[C@H](C)N.O=C(O)c1nc2sc3c(c2c(=O)[nH]1)CCC3. The van der Waals surface area contributed by atoms with Crippen molar-refractivity contribution >= 4 is 27.5 Å². The van der Waals surface area contributed by atoms with Gasteiger partial charge in [-0.2, -0.15) is 0 Å². The first-order valence-corrected chi connectivity index (χ1v) is 7.79. The summed E-state index contributed by atoms with van der Waals surface area (Å²) in [6.45, 7) is 4.07. The topological polar surface area (TPSA) is 109 Å². The van der Waals surface area contributed by atoms with E-state index in [1.807, 2.05) is 6.92 Å². The lowest BCUT2D eigenvalue weighted by molar-refractivity contribution is 0.0683. The van der Waals surface area contributed by atoms with Gasteiger partial charge in [0.25, 0.3) is 5.56 Å². The van der Waals surface area contributed by atoms with E-state index in [1.54, 1.807) is 0 Å². The Morgan fingerprint density at radius 1 is 1.52 bits per heavy atom. The molecular weight excluding hydrogens is 290 g/mol. The van der Waals surface area contributed by atoms with E-state index >= 15 is 0 Å². The van der Waals surface area contributed by atoms with Crippen LogP contribution in [0, 0.1) is 0 Å². The van der Waals surface area contributed by atoms with Crippen molar-refractivity contribution in [1.82, 2.24) is 9.97 Å². The fraction of sp³-hybridized carbons (Fsp3) is 0.500. The molecule has 7 heteroatoms. The molecule has 0 bridgehead atoms. The van der Waals surface area contributed by atoms with E-state index in [0.29, 0.717) is 16.3 Å². The van der Waals surface area contributed by atoms with Gasteiger partial charge < -0.3 is 15.8 Å². The minimum absolute atomic E-state index is 0.280. The average molecular weight is 309 g/mol. The molecule has 0 amide bonds. The van der Waals surface area contributed by atoms with Gasteiger partial charge in [-0.25, -0.2) is 9.78 Å². The maximum atomic E-state index is 11.8. The molecule has 3 rings (SSSR count). The third-order valence-electron chi connectivity index (χ3n) is 3.42. The standard InChI is InChI=1S/C10H8N2O3S.C4H11N/c13-8-6-4-2-1-3-5(4)16-9(6)12-7(11-8)10(14)15;1-3-4(2)5/h1-3H2,(H,14,15)(H,11,12,13);4H,3,5H2,1-2H3/t;4-/m.0/s1. The van der Waals surface area contributed by atoms with Gasteiger partial charge in [-0.3, -0.25) is 4.79 Å². The lowest BCUT2D eigenvalue weighted by Crippen LogP contribution is -2.15. The number of nitrogens with zero attached hydrogens (tertiary/aromatic N) is 1. The molecule has 2 aromatic rings. The second-order valence-corrected chi connectivity index (χ2v) is 6.23. The lowest BCUT2D eigenvalue weighted by atomic mass is 10.2. The summed E-state index contributed by atoms with van der Waals surface area (Å²) in [6.07, 6.45) is 4.02. The number of nitrogens with one attached hydrogen (secondary N) is 1. The average Bonchev–Trinajstić information content (AvgIpc) is 2.98. The maximum absolute atomic E-state index is 11.8. The van der Waals surface area contributed by atoms with E-state index in [-0.39, 0.29) is 11.4 Å². The van der Waals surface area contributed by atoms with Gasteiger partial charge in [-0.15, -0.1) is 11.3 Å². The quantitative estimate of drug-likeness (QED) is 0.785. The van der Waals surface area contributed by atoms with Crippen molar-refractivity contribution in [3.63, 3.8) is 0 Å². The summed E-state index contributed by atoms with van der Waals surface area (Å²) < 4.78 is 0. The summed E-state index contributed by atoms with van der Waals surface area (Å²) in [4.78, 5) is 30.5. The number of aromatic carboxylic acids is 1. The van der Waals surface area contributed by atoms with E-state index in [0.717, 1.165) is 31.2 Å². The highest BCUT2D eigenvalue weighted by atomic mass is 32.1. The molecule has 2 heterocycles. The fourth-order valence-electron chi connectivity index (χ4n) is 2.10. The molecule has 0 fully saturated rings. The number of aryl methyl sites for hydroxylation is 2. The normalized spacial score (nSPS) is 14.4. The minimum atomic E-state index is -1.20. The number of thiophene rings is 1. The van der Waals surface area contributed by atoms with Crippen molar-refractivity contribution < 1.29 is 9.90 Å². The Bertz CT molecular complexity index is 718. The van der Waals surface area contributed by atoms with E-state index < -0.39 is 5.97 Å². The number of aromatic nitrogens is 2. The van der Waals surface area contributed by atoms with Gasteiger partial charge in [0.05, 0.1) is 5.39 Å². The Balaban J connectivity index is 0.000000282. The van der Waals surface area contributed by atoms with Crippen LogP contribution in [0.2, 0.25) is 0 Å². The van der Waals surface area contributed by atoms with Crippen LogP contribution in [-0.4, -0.2) is 27.1 Å². The minimum Gasteiger partial charge on any atom is -0.475 e. The summed E-state index contributed by atoms with van der Waals surface area (Å²) >= 11 is 1.44. The van der Waals surface area contributed by atoms with Crippen LogP contribution >= 0.6 is 11.3 Å². The zero-order valence-corrected chi connectivity index (χ0v) is 12.9. The Morgan fingerprint density at radius 3 is 2.76 bits per heavy atom. The molecule has 4 N–H and O–H groups in total. The molecule has 0 saturated heterocycles. The largest absolute Gasteiger partial charge is 0.475 e. The van der Waals surface area contributed by atoms with Gasteiger partial charge in [0.2, 0.25) is 5.82 Å². The van der Waals surface area contributed by atoms with Gasteiger partial charge in [-0.05, 0) is 38.2 Å². The third kappa shape index (κ3) is 3.30. The van der Waals surface area contributed by atoms with E-state index in [9.17, 15) is 9.59 Å². The van der Waals surface area contributed by atoms with Gasteiger partial charge in [0, 0.05) is 10.9 Å². The summed E-state index contributed by atoms with van der Waals surface area (Å²) in [6, 6.07) is 0.384. The molecule has 0 spiro atoms. The number of carboxylic acid groups (broad SMARTS) is 1. The van der Waals surface area contributed by atoms with Crippen molar-refractivity contribution in [1.29, 1.82) is 0 Å². The fourth-order valence-corrected chi connectivity index (χ4v) is 3.37. The molecule has 1 atom stereocenters. The number of aromatic amines is 1. The summed E-state index contributed by atoms with van der Waals surface area (Å²) in [5.74, 6) is -1.48. The first-order valence-electron chi connectivity index (χ1n) is 6.97. The highest BCUT2D eigenvalue weighted by molar-refractivity contribution is 7.18. The van der Waals surface area contributed by atoms with Crippen molar-refractivity contribution in [3.8, 4) is 0 Å². The lowest BCUT2D eigenvalue weighted by Gasteiger charge is -1.95. The molecule has 0 unspecified atom stereocenters. The first-order chi connectivity index (χ1) is 9.93. The number of fused-ring (bicyclic) bond motifs is 3. The van der Waals surface area contributed by atoms with Gasteiger partial charge in [0.1, 0.15) is 4.83 Å². The Labute approximate surface area is 126 Å². The number of H-pyrrole nitrogens is 1. The van der Waals surface area contributed by atoms with Crippen molar-refractivity contribution in [2.75, 3.05) is 0 Å². The highest BCUT2D eigenvalue weighted by Gasteiger charge is 2.21. The van der Waals surface area contributed by atoms with Crippen LogP contribution < -0.4 is 11.3 Å². The molecular formula is C14H19N3O3S. The van der Waals surface area contributed by atoms with Crippen molar-refractivity contribution in [2.45, 2.75) is 45.6 Å². The second kappa shape index (κ2) is 6.36. The van der Waals surface area contributed by atoms with Gasteiger partial charge in [0.15, 0.2) is 0 Å². The molecule has 21 heavy (non-hydrogen) atoms. The first kappa shape index (κ1) is 15.7. The highest BCUT2D eigenvalue weighted by Crippen LogP contribution is 2.34. The maximum Gasteiger partial charge on any atom is 0.372 e. The van der Waals surface area contributed by atoms with Crippen LogP contribution in [0.25, 0.3) is 10.2 Å². The number of nitrogens with two attached hydrogens (primary N) is 1. The predicted octanol–water partition coefficient (Wildman–Crippen LogP) is 1.92. The number of hydrogen-bond donors (Lipinski definition) is 3. The zero-order valence-electron chi connectivity index (χ0n) is 12.1. The predicted molar refractivity (Wildman–Crippen MR) is 83.2 cm³/mol. The molecule has 2 aromatic heterocycles. The third-order valence-corrected chi connectivity index (χ3v) is 4.61. The monoisotopic (exact) mass is 309 g/mol. The molecule has 0 aliphatic heterocycles. The summed E-state index contributed by atoms with van der Waals surface area (Å²) in [5, 5.41) is 9.37. The Morgan fingerprint density at radius 2 is 2.19 bits per heavy atom. The van der Waals surface area contributed by atoms with Crippen molar-refractivity contribution in [3.05, 3.63) is 26.6 Å². The molecule has 1 aliphatic carbocycles. The Kier molecular flexibility index (Phi) is 4.74. The molecule has 0 saturated carbocycles. The molecule has 1 aliphatic rings. The van der Waals surface area contributed by atoms with Crippen LogP contribution in [-0.2, 0) is 12.8 Å². The van der Waals surface area contributed by atoms with E-state index in [1.165, 1.54) is 16.2 Å². The van der Waals surface area contributed by atoms with Crippen LogP contribution in [0.1, 0.15) is 47.7 Å². The molecule has 114 valence electrons. The number of carboxylic acids is 1. The molecule has 6 nitrogen and oxygen atoms in total. The van der Waals surface area contributed by atoms with Crippen LogP contribution in [0.4, 0.5) is 0 Å². The molecule has 0 aromatic carbocycles. The number of rotatable bonds is 2. The van der Waals surface area contributed by atoms with Gasteiger partial charge >= 0.3 is 5.97 Å². The smallest absolute Gasteiger partial charge is 0.372 e. The van der Waals surface area contributed by atoms with Crippen LogP contribution in [0.15, 0.2) is 4.79 Å². The second-order valence-electron chi connectivity index (χ2n) is 5.14. The number of hydrogen-bond acceptors (Lipinski definition) is 5. The summed E-state index contributed by atoms with van der Waals surface area (Å²) in [5.41, 5.74) is 6.02. The van der Waals surface area contributed by atoms with Crippen molar-refractivity contribution in [2.24, 2.45) is 5.73 Å². The number of carbonyl (C=O) groups is 1. The van der Waals surface area contributed by atoms with Crippen LogP contribution in [0.5, 0.6) is 0 Å². The Hall–Kier alpha value is -1.73. The summed E-state index contributed by atoms with van der Waals surface area (Å²) in [7, 11) is 0.